The maximum atomic E-state index is 5.18. The van der Waals surface area contributed by atoms with Gasteiger partial charge in [-0.1, -0.05) is 0 Å². The fraction of sp³-hybridized carbons (Fsp3) is 1.00. The molecule has 0 saturated heterocycles. The lowest BCUT2D eigenvalue weighted by atomic mass is 10.4. The minimum atomic E-state index is 0.275. The van der Waals surface area contributed by atoms with Gasteiger partial charge in [-0.2, -0.15) is 0 Å². The third-order valence-electron chi connectivity index (χ3n) is 0.734. The third-order valence-corrected chi connectivity index (χ3v) is 1.54. The van der Waals surface area contributed by atoms with Gasteiger partial charge in [-0.15, -0.1) is 0 Å². The van der Waals surface area contributed by atoms with Gasteiger partial charge in [0.25, 0.3) is 0 Å². The first-order chi connectivity index (χ1) is 2.81. The molecule has 1 unspecified atom stereocenters. The Labute approximate surface area is 41.2 Å². The molecule has 0 saturated carbocycles. The molecule has 2 N–H and O–H groups in total. The van der Waals surface area contributed by atoms with Crippen LogP contribution < -0.4 is 5.73 Å². The van der Waals surface area contributed by atoms with Gasteiger partial charge >= 0.3 is 0 Å². The Morgan fingerprint density at radius 2 is 2.50 bits per heavy atom. The van der Waals surface area contributed by atoms with E-state index in [9.17, 15) is 0 Å². The van der Waals surface area contributed by atoms with Gasteiger partial charge in [0.1, 0.15) is 10.5 Å². The zero-order chi connectivity index (χ0) is 4.99. The molecule has 0 amide bonds. The van der Waals surface area contributed by atoms with E-state index in [0.717, 1.165) is 10.5 Å². The van der Waals surface area contributed by atoms with Crippen LogP contribution in [0.15, 0.2) is 0 Å². The van der Waals surface area contributed by atoms with Crippen LogP contribution in [0, 0.1) is 0 Å². The lowest BCUT2D eigenvalue weighted by Crippen LogP contribution is -2.18. The molecule has 0 aromatic heterocycles. The number of hydrogen-bond donors (Lipinski definition) is 1. The molecule has 0 aromatic carbocycles. The first-order valence-corrected chi connectivity index (χ1v) is 2.85. The van der Waals surface area contributed by atoms with Crippen molar-refractivity contribution in [2.45, 2.75) is 13.0 Å². The van der Waals surface area contributed by atoms with Crippen molar-refractivity contribution in [3.63, 3.8) is 0 Å². The summed E-state index contributed by atoms with van der Waals surface area (Å²) in [4.78, 5) is 0. The molecule has 6 heavy (non-hydrogen) atoms. The van der Waals surface area contributed by atoms with Crippen molar-refractivity contribution < 1.29 is 4.43 Å². The molecule has 1 atom stereocenters. The van der Waals surface area contributed by atoms with Gasteiger partial charge in [-0.3, -0.25) is 0 Å². The number of hydrogen-bond acceptors (Lipinski definition) is 2. The van der Waals surface area contributed by atoms with Gasteiger partial charge in [-0.05, 0) is 6.92 Å². The van der Waals surface area contributed by atoms with Gasteiger partial charge < -0.3 is 10.2 Å². The van der Waals surface area contributed by atoms with Gasteiger partial charge in [0.2, 0.25) is 0 Å². The molecule has 0 heterocycles. The summed E-state index contributed by atoms with van der Waals surface area (Å²) in [5.41, 5.74) is 5.18. The second-order valence-corrected chi connectivity index (χ2v) is 1.75. The maximum absolute atomic E-state index is 5.18. The van der Waals surface area contributed by atoms with Crippen LogP contribution in [0.1, 0.15) is 6.92 Å². The van der Waals surface area contributed by atoms with Gasteiger partial charge in [0.05, 0.1) is 6.10 Å². The fourth-order valence-corrected chi connectivity index (χ4v) is 0.289. The summed E-state index contributed by atoms with van der Waals surface area (Å²) >= 11 is 0. The summed E-state index contributed by atoms with van der Waals surface area (Å²) < 4.78 is 4.91. The van der Waals surface area contributed by atoms with E-state index < -0.39 is 0 Å². The van der Waals surface area contributed by atoms with Crippen molar-refractivity contribution in [1.82, 2.24) is 0 Å². The normalized spacial score (nSPS) is 15.0. The highest BCUT2D eigenvalue weighted by Gasteiger charge is 1.87. The van der Waals surface area contributed by atoms with Crippen molar-refractivity contribution in [2.24, 2.45) is 5.73 Å². The van der Waals surface area contributed by atoms with Crippen LogP contribution in [0.3, 0.4) is 0 Å². The van der Waals surface area contributed by atoms with E-state index in [-0.39, 0.29) is 6.10 Å². The number of rotatable bonds is 2. The second kappa shape index (κ2) is 3.33. The lowest BCUT2D eigenvalue weighted by molar-refractivity contribution is 0.253. The average Bonchev–Trinajstić information content (AvgIpc) is 1.65. The summed E-state index contributed by atoms with van der Waals surface area (Å²) in [5.74, 6) is 0. The minimum Gasteiger partial charge on any atom is -0.424 e. The Kier molecular flexibility index (Phi) is 3.41. The van der Waals surface area contributed by atoms with Crippen molar-refractivity contribution in [3.05, 3.63) is 0 Å². The quantitative estimate of drug-likeness (QED) is 0.440. The zero-order valence-corrected chi connectivity index (χ0v) is 6.27. The molecular weight excluding hydrogens is 94.1 g/mol. The average molecular weight is 105 g/mol. The van der Waals surface area contributed by atoms with Gasteiger partial charge in [-0.25, -0.2) is 0 Å². The van der Waals surface area contributed by atoms with Crippen LogP contribution in [0.2, 0.25) is 0 Å². The highest BCUT2D eigenvalue weighted by atomic mass is 28.2. The Morgan fingerprint density at radius 3 is 2.50 bits per heavy atom. The largest absolute Gasteiger partial charge is 0.424 e. The fourth-order valence-electron chi connectivity index (χ4n) is 0.0962. The molecule has 0 aliphatic heterocycles. The highest BCUT2D eigenvalue weighted by Crippen LogP contribution is 1.77. The van der Waals surface area contributed by atoms with Crippen LogP contribution >= 0.6 is 0 Å². The Balaban J connectivity index is 2.75. The van der Waals surface area contributed by atoms with Crippen molar-refractivity contribution in [2.75, 3.05) is 6.54 Å². The summed E-state index contributed by atoms with van der Waals surface area (Å²) in [7, 11) is 0.802. The smallest absolute Gasteiger partial charge is 0.146 e. The molecule has 0 aromatic rings. The molecule has 3 heteroatoms. The number of nitrogens with two attached hydrogens (primary N) is 1. The maximum Gasteiger partial charge on any atom is 0.146 e. The lowest BCUT2D eigenvalue weighted by Gasteiger charge is -2.02. The van der Waals surface area contributed by atoms with E-state index in [4.69, 9.17) is 10.2 Å². The van der Waals surface area contributed by atoms with E-state index in [0.29, 0.717) is 6.54 Å². The van der Waals surface area contributed by atoms with E-state index >= 15 is 0 Å². The molecule has 0 rings (SSSR count). The van der Waals surface area contributed by atoms with Crippen LogP contribution in [-0.2, 0) is 4.43 Å². The molecule has 0 spiro atoms. The molecular formula is C3H11NOSi. The molecule has 0 aliphatic carbocycles. The zero-order valence-electron chi connectivity index (χ0n) is 4.27. The van der Waals surface area contributed by atoms with Crippen molar-refractivity contribution in [1.29, 1.82) is 0 Å². The molecule has 0 radical (unpaired) electrons. The standard InChI is InChI=1S/C3H11NOSi/c1-3(2-4)5-6/h3H,2,4H2,1,6H3. The summed E-state index contributed by atoms with van der Waals surface area (Å²) in [6.07, 6.45) is 0.275. The van der Waals surface area contributed by atoms with Crippen LogP contribution in [0.5, 0.6) is 0 Å². The second-order valence-electron chi connectivity index (χ2n) is 1.28. The summed E-state index contributed by atoms with van der Waals surface area (Å²) in [5, 5.41) is 0. The minimum absolute atomic E-state index is 0.275. The van der Waals surface area contributed by atoms with Crippen LogP contribution in [-0.4, -0.2) is 23.1 Å². The first-order valence-electron chi connectivity index (χ1n) is 2.04. The summed E-state index contributed by atoms with van der Waals surface area (Å²) in [6, 6.07) is 0. The predicted octanol–water partition coefficient (Wildman–Crippen LogP) is -1.37. The van der Waals surface area contributed by atoms with E-state index in [1.54, 1.807) is 0 Å². The van der Waals surface area contributed by atoms with E-state index in [1.807, 2.05) is 6.92 Å². The SMILES string of the molecule is CC(CN)O[SiH3]. The monoisotopic (exact) mass is 105 g/mol. The van der Waals surface area contributed by atoms with Gasteiger partial charge in [0.15, 0.2) is 0 Å². The van der Waals surface area contributed by atoms with Crippen molar-refractivity contribution in [3.8, 4) is 0 Å². The van der Waals surface area contributed by atoms with Crippen LogP contribution in [0.25, 0.3) is 0 Å². The van der Waals surface area contributed by atoms with Gasteiger partial charge in [0, 0.05) is 6.54 Å². The van der Waals surface area contributed by atoms with Crippen LogP contribution in [0.4, 0.5) is 0 Å². The predicted molar refractivity (Wildman–Crippen MR) is 29.5 cm³/mol. The molecule has 0 fully saturated rings. The summed E-state index contributed by atoms with van der Waals surface area (Å²) in [6.45, 7) is 2.61. The Bertz CT molecular complexity index is 30.0. The molecule has 0 aliphatic rings. The molecule has 2 nitrogen and oxygen atoms in total. The first kappa shape index (κ1) is 6.14. The molecule has 38 valence electrons. The third kappa shape index (κ3) is 2.38. The Morgan fingerprint density at radius 1 is 2.00 bits per heavy atom. The van der Waals surface area contributed by atoms with Crippen molar-refractivity contribution >= 4 is 10.5 Å². The van der Waals surface area contributed by atoms with E-state index in [2.05, 4.69) is 0 Å². The highest BCUT2D eigenvalue weighted by molar-refractivity contribution is 5.98. The Hall–Kier alpha value is 0.137. The molecule has 0 bridgehead atoms. The topological polar surface area (TPSA) is 35.2 Å². The van der Waals surface area contributed by atoms with E-state index in [1.165, 1.54) is 0 Å².